The molecule has 0 amide bonds. The minimum absolute atomic E-state index is 0. The summed E-state index contributed by atoms with van der Waals surface area (Å²) in [6.07, 6.45) is 1.73. The first kappa shape index (κ1) is 25.3. The van der Waals surface area contributed by atoms with Crippen LogP contribution in [0, 0.1) is 0 Å². The number of aromatic nitrogens is 1. The Balaban J connectivity index is 0.00000363. The molecule has 3 aromatic rings. The Labute approximate surface area is 206 Å². The van der Waals surface area contributed by atoms with E-state index in [4.69, 9.17) is 14.2 Å². The number of hydrogen-bond donors (Lipinski definition) is 2. The Hall–Kier alpha value is -3.01. The van der Waals surface area contributed by atoms with E-state index in [1.807, 2.05) is 66.7 Å². The van der Waals surface area contributed by atoms with E-state index in [9.17, 15) is 0 Å². The molecule has 7 nitrogen and oxygen atoms in total. The highest BCUT2D eigenvalue weighted by Crippen LogP contribution is 2.17. The summed E-state index contributed by atoms with van der Waals surface area (Å²) in [6.45, 7) is 2.12. The van der Waals surface area contributed by atoms with Crippen molar-refractivity contribution in [2.75, 3.05) is 27.3 Å². The minimum atomic E-state index is 0. The van der Waals surface area contributed by atoms with Crippen molar-refractivity contribution in [3.8, 4) is 17.4 Å². The van der Waals surface area contributed by atoms with Gasteiger partial charge in [-0.2, -0.15) is 0 Å². The standard InChI is InChI=1S/C24H28N4O3.HI/c1-25-24(27-15-16-30-22-12-10-21(29-2)11-13-22)28-17-20-9-6-14-26-23(20)31-18-19-7-4-3-5-8-19;/h3-14H,15-18H2,1-2H3,(H2,25,27,28);1H. The molecule has 2 N–H and O–H groups in total. The highest BCUT2D eigenvalue weighted by atomic mass is 127. The molecule has 0 unspecified atom stereocenters. The Morgan fingerprint density at radius 3 is 2.38 bits per heavy atom. The van der Waals surface area contributed by atoms with Crippen molar-refractivity contribution in [1.82, 2.24) is 15.6 Å². The van der Waals surface area contributed by atoms with Gasteiger partial charge in [-0.1, -0.05) is 36.4 Å². The van der Waals surface area contributed by atoms with E-state index in [2.05, 4.69) is 20.6 Å². The molecule has 32 heavy (non-hydrogen) atoms. The molecular formula is C24H29IN4O3. The Bertz CT molecular complexity index is 953. The maximum absolute atomic E-state index is 5.91. The first-order valence-electron chi connectivity index (χ1n) is 10.1. The van der Waals surface area contributed by atoms with Gasteiger partial charge in [-0.3, -0.25) is 4.99 Å². The first-order chi connectivity index (χ1) is 15.3. The molecule has 1 heterocycles. The van der Waals surface area contributed by atoms with Crippen LogP contribution in [0.2, 0.25) is 0 Å². The van der Waals surface area contributed by atoms with Gasteiger partial charge in [0.1, 0.15) is 24.7 Å². The van der Waals surface area contributed by atoms with Gasteiger partial charge in [0.25, 0.3) is 0 Å². The van der Waals surface area contributed by atoms with Gasteiger partial charge in [0.15, 0.2) is 5.96 Å². The summed E-state index contributed by atoms with van der Waals surface area (Å²) < 4.78 is 16.8. The second-order valence-electron chi connectivity index (χ2n) is 6.62. The largest absolute Gasteiger partial charge is 0.497 e. The zero-order valence-corrected chi connectivity index (χ0v) is 20.6. The fourth-order valence-corrected chi connectivity index (χ4v) is 2.82. The second kappa shape index (κ2) is 14.1. The number of nitrogens with one attached hydrogen (secondary N) is 2. The molecule has 3 rings (SSSR count). The molecule has 0 fully saturated rings. The van der Waals surface area contributed by atoms with Crippen LogP contribution < -0.4 is 24.8 Å². The number of methoxy groups -OCH3 is 1. The summed E-state index contributed by atoms with van der Waals surface area (Å²) >= 11 is 0. The van der Waals surface area contributed by atoms with Crippen LogP contribution in [0.15, 0.2) is 77.9 Å². The van der Waals surface area contributed by atoms with E-state index >= 15 is 0 Å². The van der Waals surface area contributed by atoms with Crippen molar-refractivity contribution < 1.29 is 14.2 Å². The number of rotatable bonds is 10. The highest BCUT2D eigenvalue weighted by molar-refractivity contribution is 14.0. The Morgan fingerprint density at radius 1 is 0.906 bits per heavy atom. The van der Waals surface area contributed by atoms with Crippen molar-refractivity contribution in [1.29, 1.82) is 0 Å². The van der Waals surface area contributed by atoms with Crippen LogP contribution in [0.5, 0.6) is 17.4 Å². The molecular weight excluding hydrogens is 519 g/mol. The lowest BCUT2D eigenvalue weighted by Gasteiger charge is -2.14. The van der Waals surface area contributed by atoms with Crippen LogP contribution in [0.3, 0.4) is 0 Å². The summed E-state index contributed by atoms with van der Waals surface area (Å²) in [5.41, 5.74) is 2.05. The molecule has 0 saturated carbocycles. The lowest BCUT2D eigenvalue weighted by atomic mass is 10.2. The molecule has 1 aromatic heterocycles. The minimum Gasteiger partial charge on any atom is -0.497 e. The van der Waals surface area contributed by atoms with Crippen LogP contribution in [0.4, 0.5) is 0 Å². The summed E-state index contributed by atoms with van der Waals surface area (Å²) in [6, 6.07) is 21.4. The third-order valence-electron chi connectivity index (χ3n) is 4.46. The summed E-state index contributed by atoms with van der Waals surface area (Å²) in [5.74, 6) is 2.88. The third-order valence-corrected chi connectivity index (χ3v) is 4.46. The van der Waals surface area contributed by atoms with E-state index < -0.39 is 0 Å². The average Bonchev–Trinajstić information content (AvgIpc) is 2.84. The zero-order chi connectivity index (χ0) is 21.7. The van der Waals surface area contributed by atoms with Gasteiger partial charge < -0.3 is 24.8 Å². The van der Waals surface area contributed by atoms with Crippen LogP contribution in [-0.2, 0) is 13.2 Å². The lowest BCUT2D eigenvalue weighted by Crippen LogP contribution is -2.39. The molecule has 0 aliphatic rings. The van der Waals surface area contributed by atoms with Crippen molar-refractivity contribution in [3.05, 3.63) is 84.1 Å². The second-order valence-corrected chi connectivity index (χ2v) is 6.62. The molecule has 2 aromatic carbocycles. The van der Waals surface area contributed by atoms with E-state index in [1.165, 1.54) is 0 Å². The molecule has 0 saturated heterocycles. The molecule has 0 bridgehead atoms. The van der Waals surface area contributed by atoms with Crippen LogP contribution in [-0.4, -0.2) is 38.3 Å². The number of nitrogens with zero attached hydrogens (tertiary/aromatic N) is 2. The topological polar surface area (TPSA) is 77.0 Å². The van der Waals surface area contributed by atoms with Crippen molar-refractivity contribution in [2.45, 2.75) is 13.2 Å². The number of hydrogen-bond acceptors (Lipinski definition) is 5. The number of benzene rings is 2. The van der Waals surface area contributed by atoms with Crippen molar-refractivity contribution in [2.24, 2.45) is 4.99 Å². The van der Waals surface area contributed by atoms with Gasteiger partial charge in [0, 0.05) is 25.4 Å². The monoisotopic (exact) mass is 548 g/mol. The number of ether oxygens (including phenoxy) is 3. The summed E-state index contributed by atoms with van der Waals surface area (Å²) in [5, 5.41) is 6.52. The van der Waals surface area contributed by atoms with Crippen molar-refractivity contribution >= 4 is 29.9 Å². The van der Waals surface area contributed by atoms with Crippen LogP contribution in [0.25, 0.3) is 0 Å². The van der Waals surface area contributed by atoms with E-state index in [0.717, 1.165) is 22.6 Å². The van der Waals surface area contributed by atoms with Gasteiger partial charge >= 0.3 is 0 Å². The highest BCUT2D eigenvalue weighted by Gasteiger charge is 2.07. The van der Waals surface area contributed by atoms with Gasteiger partial charge in [-0.25, -0.2) is 4.98 Å². The number of halogens is 1. The SMILES string of the molecule is CN=C(NCCOc1ccc(OC)cc1)NCc1cccnc1OCc1ccccc1.I. The maximum Gasteiger partial charge on any atom is 0.218 e. The van der Waals surface area contributed by atoms with E-state index in [-0.39, 0.29) is 24.0 Å². The van der Waals surface area contributed by atoms with E-state index in [1.54, 1.807) is 20.4 Å². The molecule has 170 valence electrons. The average molecular weight is 548 g/mol. The van der Waals surface area contributed by atoms with Gasteiger partial charge in [-0.05, 0) is 35.9 Å². The van der Waals surface area contributed by atoms with Gasteiger partial charge in [0.05, 0.1) is 13.7 Å². The van der Waals surface area contributed by atoms with Crippen molar-refractivity contribution in [3.63, 3.8) is 0 Å². The summed E-state index contributed by atoms with van der Waals surface area (Å²) in [4.78, 5) is 8.62. The maximum atomic E-state index is 5.91. The molecule has 0 aliphatic carbocycles. The quantitative estimate of drug-likeness (QED) is 0.173. The third kappa shape index (κ3) is 8.26. The van der Waals surface area contributed by atoms with E-state index in [0.29, 0.717) is 38.1 Å². The number of guanidine groups is 1. The normalized spacial score (nSPS) is 10.6. The van der Waals surface area contributed by atoms with Crippen LogP contribution in [0.1, 0.15) is 11.1 Å². The fourth-order valence-electron chi connectivity index (χ4n) is 2.82. The molecule has 0 radical (unpaired) electrons. The van der Waals surface area contributed by atoms with Crippen LogP contribution >= 0.6 is 24.0 Å². The number of aliphatic imine (C=N–C) groups is 1. The Kier molecular flexibility index (Phi) is 11.1. The van der Waals surface area contributed by atoms with Gasteiger partial charge in [-0.15, -0.1) is 24.0 Å². The lowest BCUT2D eigenvalue weighted by molar-refractivity contribution is 0.290. The zero-order valence-electron chi connectivity index (χ0n) is 18.3. The van der Waals surface area contributed by atoms with Gasteiger partial charge in [0.2, 0.25) is 5.88 Å². The molecule has 0 aliphatic heterocycles. The Morgan fingerprint density at radius 2 is 1.66 bits per heavy atom. The first-order valence-corrected chi connectivity index (χ1v) is 10.1. The molecule has 8 heteroatoms. The predicted molar refractivity (Wildman–Crippen MR) is 137 cm³/mol. The smallest absolute Gasteiger partial charge is 0.218 e. The number of pyridine rings is 1. The molecule has 0 atom stereocenters. The predicted octanol–water partition coefficient (Wildman–Crippen LogP) is 4.03. The summed E-state index contributed by atoms with van der Waals surface area (Å²) in [7, 11) is 3.37. The molecule has 0 spiro atoms. The fraction of sp³-hybridized carbons (Fsp3) is 0.250.